The van der Waals surface area contributed by atoms with Gasteiger partial charge in [0, 0.05) is 38.4 Å². The molecule has 262 valence electrons. The zero-order valence-electron chi connectivity index (χ0n) is 29.9. The summed E-state index contributed by atoms with van der Waals surface area (Å²) >= 11 is 0. The van der Waals surface area contributed by atoms with E-state index in [1.54, 1.807) is 0 Å². The highest BCUT2D eigenvalue weighted by molar-refractivity contribution is 6.17. The van der Waals surface area contributed by atoms with Crippen molar-refractivity contribution < 1.29 is 4.42 Å². The summed E-state index contributed by atoms with van der Waals surface area (Å²) in [6, 6.07) is 61.7. The molecule has 7 aromatic carbocycles. The first-order valence-corrected chi connectivity index (χ1v) is 18.5. The summed E-state index contributed by atoms with van der Waals surface area (Å²) in [5.74, 6) is 2.32. The maximum atomic E-state index is 6.72. The van der Waals surface area contributed by atoms with Crippen molar-refractivity contribution in [1.29, 1.82) is 0 Å². The van der Waals surface area contributed by atoms with Gasteiger partial charge in [0.1, 0.15) is 16.8 Å². The van der Waals surface area contributed by atoms with Crippen molar-refractivity contribution in [2.45, 2.75) is 0 Å². The minimum atomic E-state index is 0.518. The Kier molecular flexibility index (Phi) is 7.35. The first kappa shape index (κ1) is 31.7. The monoisotopic (exact) mass is 718 g/mol. The molecule has 0 atom stereocenters. The molecule has 4 heterocycles. The van der Waals surface area contributed by atoms with E-state index >= 15 is 0 Å². The third-order valence-electron chi connectivity index (χ3n) is 10.3. The van der Waals surface area contributed by atoms with Gasteiger partial charge in [0.05, 0.1) is 11.0 Å². The van der Waals surface area contributed by atoms with Gasteiger partial charge in [0.15, 0.2) is 23.1 Å². The average Bonchev–Trinajstić information content (AvgIpc) is 3.81. The Balaban J connectivity index is 1.17. The second kappa shape index (κ2) is 13.0. The van der Waals surface area contributed by atoms with Crippen molar-refractivity contribution in [2.24, 2.45) is 0 Å². The van der Waals surface area contributed by atoms with Crippen molar-refractivity contribution in [3.05, 3.63) is 182 Å². The molecule has 0 saturated heterocycles. The highest BCUT2D eigenvalue weighted by Gasteiger charge is 2.23. The molecule has 0 amide bonds. The maximum Gasteiger partial charge on any atom is 0.238 e. The highest BCUT2D eigenvalue weighted by Crippen LogP contribution is 2.40. The number of fused-ring (bicyclic) bond motifs is 6. The summed E-state index contributed by atoms with van der Waals surface area (Å²) < 4.78 is 8.86. The standard InChI is InChI=1S/C49H30N6O/c1-5-15-31(16-6-1)32-25-27-36(28-26-32)48-52-47(35-21-11-4-12-22-35)53-49(54-48)55-40-24-14-13-23-37(40)38-30-42-39(29-41(38)55)44-45(56-42)43(33-17-7-2-8-18-33)50-46(51-44)34-19-9-3-10-20-34/h1-30H. The van der Waals surface area contributed by atoms with E-state index in [0.717, 1.165) is 77.4 Å². The molecule has 56 heavy (non-hydrogen) atoms. The van der Waals surface area contributed by atoms with Crippen molar-refractivity contribution in [3.63, 3.8) is 0 Å². The van der Waals surface area contributed by atoms with Gasteiger partial charge in [-0.05, 0) is 29.3 Å². The van der Waals surface area contributed by atoms with E-state index in [9.17, 15) is 0 Å². The van der Waals surface area contributed by atoms with Gasteiger partial charge in [-0.2, -0.15) is 9.97 Å². The molecular weight excluding hydrogens is 689 g/mol. The lowest BCUT2D eigenvalue weighted by molar-refractivity contribution is 0.668. The summed E-state index contributed by atoms with van der Waals surface area (Å²) in [6.07, 6.45) is 0. The average molecular weight is 719 g/mol. The number of hydrogen-bond acceptors (Lipinski definition) is 6. The Labute approximate surface area is 321 Å². The fraction of sp³-hybridized carbons (Fsp3) is 0. The molecule has 0 saturated carbocycles. The lowest BCUT2D eigenvalue weighted by Crippen LogP contribution is -2.06. The zero-order valence-corrected chi connectivity index (χ0v) is 29.9. The van der Waals surface area contributed by atoms with Crippen LogP contribution in [0.15, 0.2) is 186 Å². The second-order valence-electron chi connectivity index (χ2n) is 13.7. The summed E-state index contributed by atoms with van der Waals surface area (Å²) in [5.41, 5.74) is 10.7. The molecule has 0 N–H and O–H groups in total. The summed E-state index contributed by atoms with van der Waals surface area (Å²) in [7, 11) is 0. The van der Waals surface area contributed by atoms with Crippen LogP contribution in [0.5, 0.6) is 0 Å². The minimum absolute atomic E-state index is 0.518. The van der Waals surface area contributed by atoms with Crippen molar-refractivity contribution in [3.8, 4) is 62.5 Å². The number of nitrogens with zero attached hydrogens (tertiary/aromatic N) is 6. The molecule has 0 radical (unpaired) electrons. The Bertz CT molecular complexity index is 3210. The Morgan fingerprint density at radius 3 is 1.50 bits per heavy atom. The molecule has 11 aromatic rings. The lowest BCUT2D eigenvalue weighted by Gasteiger charge is -2.11. The van der Waals surface area contributed by atoms with E-state index < -0.39 is 0 Å². The molecule has 0 spiro atoms. The number of rotatable bonds is 6. The zero-order chi connectivity index (χ0) is 37.0. The SMILES string of the molecule is c1ccc(-c2ccc(-c3nc(-c4ccccc4)nc(-n4c5ccccc5c5cc6oc7c(-c8ccccc8)nc(-c8ccccc8)nc7c6cc54)n3)cc2)cc1. The van der Waals surface area contributed by atoms with Gasteiger partial charge < -0.3 is 4.42 Å². The van der Waals surface area contributed by atoms with Crippen LogP contribution in [-0.2, 0) is 0 Å². The second-order valence-corrected chi connectivity index (χ2v) is 13.7. The molecular formula is C49H30N6O. The van der Waals surface area contributed by atoms with Gasteiger partial charge >= 0.3 is 0 Å². The predicted molar refractivity (Wildman–Crippen MR) is 224 cm³/mol. The van der Waals surface area contributed by atoms with Gasteiger partial charge in [-0.25, -0.2) is 15.0 Å². The van der Waals surface area contributed by atoms with E-state index in [0.29, 0.717) is 29.0 Å². The molecule has 0 bridgehead atoms. The molecule has 0 aliphatic carbocycles. The van der Waals surface area contributed by atoms with Crippen LogP contribution in [0.4, 0.5) is 0 Å². The maximum absolute atomic E-state index is 6.72. The van der Waals surface area contributed by atoms with Gasteiger partial charge in [-0.1, -0.05) is 164 Å². The van der Waals surface area contributed by atoms with E-state index in [4.69, 9.17) is 29.3 Å². The van der Waals surface area contributed by atoms with Crippen molar-refractivity contribution in [1.82, 2.24) is 29.5 Å². The number of furan rings is 1. The molecule has 4 aromatic heterocycles. The number of benzene rings is 7. The molecule has 0 fully saturated rings. The van der Waals surface area contributed by atoms with Crippen LogP contribution in [-0.4, -0.2) is 29.5 Å². The van der Waals surface area contributed by atoms with Gasteiger partial charge in [0.25, 0.3) is 0 Å². The minimum Gasteiger partial charge on any atom is -0.452 e. The number of para-hydroxylation sites is 1. The lowest BCUT2D eigenvalue weighted by atomic mass is 10.0. The van der Waals surface area contributed by atoms with Crippen LogP contribution in [0.25, 0.3) is 106 Å². The Hall–Kier alpha value is -7.77. The summed E-state index contributed by atoms with van der Waals surface area (Å²) in [6.45, 7) is 0. The summed E-state index contributed by atoms with van der Waals surface area (Å²) in [4.78, 5) is 25.6. The third kappa shape index (κ3) is 5.33. The van der Waals surface area contributed by atoms with Crippen LogP contribution in [0, 0.1) is 0 Å². The first-order valence-electron chi connectivity index (χ1n) is 18.5. The highest BCUT2D eigenvalue weighted by atomic mass is 16.3. The van der Waals surface area contributed by atoms with Crippen LogP contribution in [0.3, 0.4) is 0 Å². The van der Waals surface area contributed by atoms with Gasteiger partial charge in [-0.3, -0.25) is 4.57 Å². The Morgan fingerprint density at radius 1 is 0.357 bits per heavy atom. The Morgan fingerprint density at radius 2 is 0.857 bits per heavy atom. The fourth-order valence-corrected chi connectivity index (χ4v) is 7.58. The van der Waals surface area contributed by atoms with E-state index in [1.807, 2.05) is 91.0 Å². The molecule has 0 unspecified atom stereocenters. The molecule has 7 nitrogen and oxygen atoms in total. The topological polar surface area (TPSA) is 82.5 Å². The van der Waals surface area contributed by atoms with Crippen molar-refractivity contribution in [2.75, 3.05) is 0 Å². The smallest absolute Gasteiger partial charge is 0.238 e. The number of aromatic nitrogens is 6. The predicted octanol–water partition coefficient (Wildman–Crippen LogP) is 12.0. The molecule has 0 aliphatic rings. The summed E-state index contributed by atoms with van der Waals surface area (Å²) in [5, 5.41) is 2.95. The number of hydrogen-bond donors (Lipinski definition) is 0. The van der Waals surface area contributed by atoms with E-state index in [-0.39, 0.29) is 0 Å². The molecule has 11 rings (SSSR count). The largest absolute Gasteiger partial charge is 0.452 e. The van der Waals surface area contributed by atoms with Crippen LogP contribution in [0.2, 0.25) is 0 Å². The van der Waals surface area contributed by atoms with Crippen LogP contribution in [0.1, 0.15) is 0 Å². The van der Waals surface area contributed by atoms with Crippen LogP contribution >= 0.6 is 0 Å². The fourth-order valence-electron chi connectivity index (χ4n) is 7.58. The van der Waals surface area contributed by atoms with Gasteiger partial charge in [-0.15, -0.1) is 0 Å². The van der Waals surface area contributed by atoms with E-state index in [1.165, 1.54) is 0 Å². The quantitative estimate of drug-likeness (QED) is 0.170. The van der Waals surface area contributed by atoms with Gasteiger partial charge in [0.2, 0.25) is 5.95 Å². The third-order valence-corrected chi connectivity index (χ3v) is 10.3. The molecule has 7 heteroatoms. The van der Waals surface area contributed by atoms with Crippen LogP contribution < -0.4 is 0 Å². The first-order chi connectivity index (χ1) is 27.7. The van der Waals surface area contributed by atoms with E-state index in [2.05, 4.69) is 95.6 Å². The molecule has 0 aliphatic heterocycles. The normalized spacial score (nSPS) is 11.6. The van der Waals surface area contributed by atoms with Crippen molar-refractivity contribution >= 4 is 43.9 Å².